The quantitative estimate of drug-likeness (QED) is 0.0934. The Morgan fingerprint density at radius 2 is 0.424 bits per heavy atom. The number of nitriles is 2. The Morgan fingerprint density at radius 3 is 0.644 bits per heavy atom. The summed E-state index contributed by atoms with van der Waals surface area (Å²) in [7, 11) is 0. The average molecular weight is 1530 g/mol. The van der Waals surface area contributed by atoms with E-state index >= 15 is 0 Å². The van der Waals surface area contributed by atoms with Crippen molar-refractivity contribution in [3.8, 4) is 171 Å². The number of hydrogen-bond acceptors (Lipinski definition) is 14. The first-order valence-electron chi connectivity index (χ1n) is 37.9. The number of fused-ring (bicyclic) bond motifs is 6. The van der Waals surface area contributed by atoms with E-state index in [-0.39, 0.29) is 22.3 Å². The summed E-state index contributed by atoms with van der Waals surface area (Å²) in [5.41, 5.74) is 11.4. The summed E-state index contributed by atoms with van der Waals surface area (Å²) < 4.78 is 48.7. The molecule has 0 bridgehead atoms. The molecule has 0 saturated carbocycles. The highest BCUT2D eigenvalue weighted by Crippen LogP contribution is 2.46. The second-order valence-electron chi connectivity index (χ2n) is 28.1. The molecule has 554 valence electrons. The highest BCUT2D eigenvalue weighted by molar-refractivity contribution is 6.14. The first kappa shape index (κ1) is 70.6. The smallest absolute Gasteiger partial charge is 0.307 e. The van der Waals surface area contributed by atoms with Gasteiger partial charge in [-0.05, 0) is 97.1 Å². The molecule has 20 aromatic rings. The van der Waals surface area contributed by atoms with E-state index in [1.807, 2.05) is 303 Å². The molecule has 0 saturated heterocycles. The minimum absolute atomic E-state index is 0.0549. The van der Waals surface area contributed by atoms with Crippen LogP contribution in [0, 0.1) is 22.7 Å². The van der Waals surface area contributed by atoms with E-state index in [0.717, 1.165) is 67.4 Å². The Bertz CT molecular complexity index is 6810. The van der Waals surface area contributed by atoms with Gasteiger partial charge in [0.15, 0.2) is 69.9 Å². The summed E-state index contributed by atoms with van der Waals surface area (Å²) in [4.78, 5) is 61.9. The summed E-state index contributed by atoms with van der Waals surface area (Å²) in [5.74, 6) is 5.22. The lowest BCUT2D eigenvalue weighted by atomic mass is 9.93. The molecule has 19 heteroatoms. The van der Waals surface area contributed by atoms with Gasteiger partial charge in [0.1, 0.15) is 0 Å². The molecule has 0 N–H and O–H groups in total. The van der Waals surface area contributed by atoms with Crippen molar-refractivity contribution in [3.05, 3.63) is 362 Å². The molecule has 0 amide bonds. The van der Waals surface area contributed by atoms with E-state index in [2.05, 4.69) is 33.4 Å². The zero-order valence-corrected chi connectivity index (χ0v) is 62.2. The van der Waals surface area contributed by atoms with Crippen LogP contribution in [0.25, 0.3) is 203 Å². The molecule has 0 unspecified atom stereocenters. The molecule has 0 spiro atoms. The predicted molar refractivity (Wildman–Crippen MR) is 454 cm³/mol. The van der Waals surface area contributed by atoms with Crippen LogP contribution in [0.15, 0.2) is 346 Å². The van der Waals surface area contributed by atoms with Crippen LogP contribution in [0.4, 0.5) is 13.2 Å². The normalized spacial score (nSPS) is 11.5. The van der Waals surface area contributed by atoms with Crippen LogP contribution in [0.3, 0.4) is 0 Å². The topological polar surface area (TPSA) is 212 Å². The summed E-state index contributed by atoms with van der Waals surface area (Å²) in [5, 5.41) is 25.7. The molecule has 14 aromatic carbocycles. The van der Waals surface area contributed by atoms with Crippen LogP contribution in [0.2, 0.25) is 0 Å². The number of alkyl halides is 3. The molecule has 20 rings (SSSR count). The number of benzene rings is 14. The summed E-state index contributed by atoms with van der Waals surface area (Å²) in [6, 6.07) is 113. The molecule has 0 fully saturated rings. The van der Waals surface area contributed by atoms with Gasteiger partial charge in [-0.1, -0.05) is 249 Å². The van der Waals surface area contributed by atoms with E-state index in [4.69, 9.17) is 59.8 Å². The van der Waals surface area contributed by atoms with Crippen molar-refractivity contribution in [1.82, 2.24) is 68.9 Å². The van der Waals surface area contributed by atoms with Gasteiger partial charge in [0.2, 0.25) is 0 Å². The van der Waals surface area contributed by atoms with Crippen LogP contribution in [0.5, 0.6) is 0 Å². The molecule has 0 atom stereocenters. The van der Waals surface area contributed by atoms with Gasteiger partial charge in [-0.3, -0.25) is 0 Å². The lowest BCUT2D eigenvalue weighted by Gasteiger charge is -2.20. The predicted octanol–water partition coefficient (Wildman–Crippen LogP) is 23.1. The molecular formula is C99H57F3N16. The van der Waals surface area contributed by atoms with Crippen molar-refractivity contribution in [2.24, 2.45) is 0 Å². The van der Waals surface area contributed by atoms with Gasteiger partial charge in [0, 0.05) is 99.4 Å². The maximum absolute atomic E-state index is 14.8. The van der Waals surface area contributed by atoms with Crippen molar-refractivity contribution in [1.29, 1.82) is 10.5 Å². The fourth-order valence-electron chi connectivity index (χ4n) is 15.2. The number of rotatable bonds is 15. The monoisotopic (exact) mass is 1530 g/mol. The Balaban J connectivity index is 0.887. The Kier molecular flexibility index (Phi) is 17.7. The molecule has 6 aromatic heterocycles. The minimum Gasteiger partial charge on any atom is -0.307 e. The number of halogens is 3. The van der Waals surface area contributed by atoms with E-state index in [9.17, 15) is 23.7 Å². The van der Waals surface area contributed by atoms with Crippen LogP contribution in [0.1, 0.15) is 16.7 Å². The molecular weight excluding hydrogens is 1470 g/mol. The second-order valence-corrected chi connectivity index (χ2v) is 28.1. The van der Waals surface area contributed by atoms with Crippen LogP contribution in [-0.4, -0.2) is 68.9 Å². The van der Waals surface area contributed by atoms with Crippen molar-refractivity contribution in [2.75, 3.05) is 0 Å². The Hall–Kier alpha value is -16.5. The zero-order valence-electron chi connectivity index (χ0n) is 62.2. The van der Waals surface area contributed by atoms with Crippen LogP contribution < -0.4 is 0 Å². The molecule has 6 heterocycles. The second kappa shape index (κ2) is 29.5. The third-order valence-electron chi connectivity index (χ3n) is 20.8. The first-order valence-corrected chi connectivity index (χ1v) is 37.9. The van der Waals surface area contributed by atoms with Crippen molar-refractivity contribution >= 4 is 43.6 Å². The lowest BCUT2D eigenvalue weighted by molar-refractivity contribution is -0.137. The summed E-state index contributed by atoms with van der Waals surface area (Å²) in [6.45, 7) is 0. The minimum atomic E-state index is -4.80. The molecule has 0 aliphatic carbocycles. The summed E-state index contributed by atoms with van der Waals surface area (Å²) >= 11 is 0. The van der Waals surface area contributed by atoms with E-state index in [1.54, 1.807) is 12.1 Å². The average Bonchev–Trinajstić information content (AvgIpc) is 1.55. The SMILES string of the molecule is N#Cc1cc(C(F)(F)F)ccc1-c1cc(-n2c3ccc(-c4nc(-c5ccccc5)nc(-c5ccccc5)n4)cc3c3cc(-c4nc(-c5ccccc5)nc(-c5ccccc5)n4)ccc32)c(-n2c3ccc(-c4nc(-c5ccccc5)nc(-c5ccccc5)n4)cc3c3cc(-c4nc(-c5ccccc5)nc(-c5ccccc5)n4)ccc32)cc1C#N. The summed E-state index contributed by atoms with van der Waals surface area (Å²) in [6.07, 6.45) is -4.80. The molecule has 0 aliphatic rings. The molecule has 0 aliphatic heterocycles. The molecule has 16 nitrogen and oxygen atoms in total. The first-order chi connectivity index (χ1) is 58.0. The lowest BCUT2D eigenvalue weighted by Crippen LogP contribution is -2.07. The number of aromatic nitrogens is 14. The third kappa shape index (κ3) is 13.2. The van der Waals surface area contributed by atoms with E-state index < -0.39 is 11.7 Å². The Labute approximate surface area is 672 Å². The largest absolute Gasteiger partial charge is 0.416 e. The maximum Gasteiger partial charge on any atom is 0.416 e. The van der Waals surface area contributed by atoms with Crippen molar-refractivity contribution < 1.29 is 13.2 Å². The standard InChI is InChI=1S/C99H57F3N16/c100-99(101,102)74-45-46-75(72(51-74)58-103)76-57-86(118-83-49-43-70(97-113-91(64-33-17-5-18-34-64)107-92(114-97)65-35-19-6-20-36-65)54-79(83)80-55-71(44-50-84(80)118)98-115-93(66-37-21-7-22-38-66)108-94(116-98)67-39-23-8-24-40-67)85(56-73(76)59-104)117-81-47-41-68(95-109-87(60-25-9-1-10-26-60)105-88(110-95)61-27-11-2-12-28-61)52-77(81)78-53-69(42-48-82(78)117)96-111-89(62-29-13-3-14-30-62)106-90(112-96)63-31-15-4-16-32-63/h1-57H. The van der Waals surface area contributed by atoms with E-state index in [1.165, 1.54) is 6.07 Å². The highest BCUT2D eigenvalue weighted by Gasteiger charge is 2.33. The highest BCUT2D eigenvalue weighted by atomic mass is 19.4. The van der Waals surface area contributed by atoms with Crippen molar-refractivity contribution in [2.45, 2.75) is 6.18 Å². The van der Waals surface area contributed by atoms with Crippen LogP contribution in [-0.2, 0) is 6.18 Å². The van der Waals surface area contributed by atoms with Gasteiger partial charge < -0.3 is 9.13 Å². The Morgan fingerprint density at radius 1 is 0.212 bits per heavy atom. The van der Waals surface area contributed by atoms with Gasteiger partial charge in [-0.25, -0.2) is 59.8 Å². The molecule has 0 radical (unpaired) electrons. The van der Waals surface area contributed by atoms with E-state index in [0.29, 0.717) is 136 Å². The zero-order chi connectivity index (χ0) is 79.4. The number of nitrogens with zero attached hydrogens (tertiary/aromatic N) is 16. The number of hydrogen-bond donors (Lipinski definition) is 0. The maximum atomic E-state index is 14.8. The van der Waals surface area contributed by atoms with Gasteiger partial charge in [0.25, 0.3) is 0 Å². The molecule has 118 heavy (non-hydrogen) atoms. The van der Waals surface area contributed by atoms with Gasteiger partial charge >= 0.3 is 6.18 Å². The van der Waals surface area contributed by atoms with Crippen LogP contribution >= 0.6 is 0 Å². The fraction of sp³-hybridized carbons (Fsp3) is 0.0101. The fourth-order valence-corrected chi connectivity index (χ4v) is 15.2. The van der Waals surface area contributed by atoms with Crippen molar-refractivity contribution in [3.63, 3.8) is 0 Å². The van der Waals surface area contributed by atoms with Gasteiger partial charge in [-0.2, -0.15) is 23.7 Å². The van der Waals surface area contributed by atoms with Gasteiger partial charge in [-0.15, -0.1) is 0 Å². The third-order valence-corrected chi connectivity index (χ3v) is 20.8. The van der Waals surface area contributed by atoms with Gasteiger partial charge in [0.05, 0.1) is 62.3 Å².